The number of rotatable bonds is 7. The average molecular weight is 447 g/mol. The minimum Gasteiger partial charge on any atom is -0.463 e. The molecule has 2 N–H and O–H groups in total. The van der Waals surface area contributed by atoms with Crippen LogP contribution in [-0.4, -0.2) is 46.8 Å². The molecule has 0 spiro atoms. The summed E-state index contributed by atoms with van der Waals surface area (Å²) in [4.78, 5) is 37.6. The third kappa shape index (κ3) is 4.72. The summed E-state index contributed by atoms with van der Waals surface area (Å²) >= 11 is 5.98. The Labute approximate surface area is 184 Å². The summed E-state index contributed by atoms with van der Waals surface area (Å²) in [5.41, 5.74) is 2.33. The summed E-state index contributed by atoms with van der Waals surface area (Å²) in [6, 6.07) is 5.93. The third-order valence-electron chi connectivity index (χ3n) is 4.60. The number of esters is 2. The smallest absolute Gasteiger partial charge is 0.359 e. The second-order valence-electron chi connectivity index (χ2n) is 6.71. The van der Waals surface area contributed by atoms with Crippen molar-refractivity contribution < 1.29 is 23.9 Å². The lowest BCUT2D eigenvalue weighted by atomic mass is 9.95. The second-order valence-corrected chi connectivity index (χ2v) is 6.98. The van der Waals surface area contributed by atoms with Crippen molar-refractivity contribution in [2.45, 2.75) is 26.8 Å². The van der Waals surface area contributed by atoms with Gasteiger partial charge in [-0.05, 0) is 32.9 Å². The number of urea groups is 1. The number of amides is 2. The fraction of sp³-hybridized carbons (Fsp3) is 0.333. The lowest BCUT2D eigenvalue weighted by Gasteiger charge is -2.28. The number of hydrogen-bond donors (Lipinski definition) is 2. The van der Waals surface area contributed by atoms with Crippen molar-refractivity contribution in [3.63, 3.8) is 0 Å². The largest absolute Gasteiger partial charge is 0.463 e. The summed E-state index contributed by atoms with van der Waals surface area (Å²) in [5.74, 6) is -1.46. The Kier molecular flexibility index (Phi) is 6.96. The van der Waals surface area contributed by atoms with Crippen LogP contribution in [0.1, 0.15) is 41.5 Å². The van der Waals surface area contributed by atoms with Gasteiger partial charge in [0, 0.05) is 17.5 Å². The number of alkyl halides is 1. The Bertz CT molecular complexity index is 1030. The molecule has 1 aliphatic rings. The molecule has 2 aromatic rings. The zero-order chi connectivity index (χ0) is 22.5. The van der Waals surface area contributed by atoms with Gasteiger partial charge in [-0.3, -0.25) is 0 Å². The summed E-state index contributed by atoms with van der Waals surface area (Å²) < 4.78 is 11.8. The van der Waals surface area contributed by atoms with Crippen molar-refractivity contribution >= 4 is 29.6 Å². The van der Waals surface area contributed by atoms with Crippen molar-refractivity contribution in [3.8, 4) is 5.69 Å². The number of aryl methyl sites for hydroxylation is 1. The van der Waals surface area contributed by atoms with Crippen LogP contribution in [0.15, 0.2) is 41.7 Å². The summed E-state index contributed by atoms with van der Waals surface area (Å²) in [7, 11) is 0. The number of benzene rings is 1. The van der Waals surface area contributed by atoms with Crippen LogP contribution in [0.4, 0.5) is 4.79 Å². The molecule has 1 atom stereocenters. The van der Waals surface area contributed by atoms with E-state index >= 15 is 0 Å². The number of hydrogen-bond acceptors (Lipinski definition) is 6. The topological polar surface area (TPSA) is 112 Å². The van der Waals surface area contributed by atoms with E-state index in [2.05, 4.69) is 15.7 Å². The van der Waals surface area contributed by atoms with Crippen LogP contribution in [0, 0.1) is 6.92 Å². The Morgan fingerprint density at radius 2 is 1.77 bits per heavy atom. The SMILES string of the molecule is CCOC(=O)C1=C(CCl)NC(=O)NC1c1cn(-c2ccc(C)cc2)nc1C(=O)OCC. The summed E-state index contributed by atoms with van der Waals surface area (Å²) in [6.07, 6.45) is 1.58. The molecule has 31 heavy (non-hydrogen) atoms. The van der Waals surface area contributed by atoms with Crippen molar-refractivity contribution in [1.82, 2.24) is 20.4 Å². The lowest BCUT2D eigenvalue weighted by molar-refractivity contribution is -0.139. The number of ether oxygens (including phenoxy) is 2. The fourth-order valence-corrected chi connectivity index (χ4v) is 3.40. The number of carbonyl (C=O) groups is 3. The molecule has 1 aromatic heterocycles. The monoisotopic (exact) mass is 446 g/mol. The predicted molar refractivity (Wildman–Crippen MR) is 113 cm³/mol. The van der Waals surface area contributed by atoms with Crippen molar-refractivity contribution in [2.24, 2.45) is 0 Å². The highest BCUT2D eigenvalue weighted by Crippen LogP contribution is 2.31. The molecule has 2 heterocycles. The molecule has 164 valence electrons. The number of allylic oxidation sites excluding steroid dienone is 1. The predicted octanol–water partition coefficient (Wildman–Crippen LogP) is 2.77. The van der Waals surface area contributed by atoms with Gasteiger partial charge in [0.05, 0.1) is 36.4 Å². The highest BCUT2D eigenvalue weighted by atomic mass is 35.5. The van der Waals surface area contributed by atoms with Gasteiger partial charge in [-0.1, -0.05) is 17.7 Å². The molecule has 1 unspecified atom stereocenters. The van der Waals surface area contributed by atoms with Crippen LogP contribution >= 0.6 is 11.6 Å². The van der Waals surface area contributed by atoms with E-state index in [1.807, 2.05) is 31.2 Å². The zero-order valence-corrected chi connectivity index (χ0v) is 18.2. The first kappa shape index (κ1) is 22.4. The van der Waals surface area contributed by atoms with Gasteiger partial charge in [-0.25, -0.2) is 19.1 Å². The standard InChI is InChI=1S/C21H23ClN4O5/c1-4-30-19(27)16-15(10-22)23-21(29)24-17(16)14-11-26(13-8-6-12(3)7-9-13)25-18(14)20(28)31-5-2/h6-9,11,17H,4-5,10H2,1-3H3,(H2,23,24,29). The summed E-state index contributed by atoms with van der Waals surface area (Å²) in [5, 5.41) is 9.58. The quantitative estimate of drug-likeness (QED) is 0.499. The van der Waals surface area contributed by atoms with Crippen molar-refractivity contribution in [1.29, 1.82) is 0 Å². The average Bonchev–Trinajstić information content (AvgIpc) is 3.19. The van der Waals surface area contributed by atoms with E-state index < -0.39 is 24.0 Å². The number of nitrogens with one attached hydrogen (secondary N) is 2. The van der Waals surface area contributed by atoms with Crippen LogP contribution in [0.2, 0.25) is 0 Å². The molecule has 2 amide bonds. The van der Waals surface area contributed by atoms with Crippen LogP contribution in [-0.2, 0) is 14.3 Å². The van der Waals surface area contributed by atoms with E-state index in [9.17, 15) is 14.4 Å². The third-order valence-corrected chi connectivity index (χ3v) is 4.87. The normalized spacial score (nSPS) is 15.9. The highest BCUT2D eigenvalue weighted by molar-refractivity contribution is 6.20. The molecule has 1 aromatic carbocycles. The molecule has 9 nitrogen and oxygen atoms in total. The molecular weight excluding hydrogens is 424 g/mol. The number of aromatic nitrogens is 2. The highest BCUT2D eigenvalue weighted by Gasteiger charge is 2.37. The first-order valence-electron chi connectivity index (χ1n) is 9.76. The van der Waals surface area contributed by atoms with Crippen molar-refractivity contribution in [3.05, 3.63) is 58.6 Å². The first-order chi connectivity index (χ1) is 14.9. The Morgan fingerprint density at radius 1 is 1.13 bits per heavy atom. The second kappa shape index (κ2) is 9.65. The van der Waals surface area contributed by atoms with Gasteiger partial charge in [-0.15, -0.1) is 11.6 Å². The molecule has 3 rings (SSSR count). The van der Waals surface area contributed by atoms with Crippen LogP contribution < -0.4 is 10.6 Å². The molecule has 10 heteroatoms. The van der Waals surface area contributed by atoms with Crippen LogP contribution in [0.5, 0.6) is 0 Å². The molecule has 0 saturated carbocycles. The Hall–Kier alpha value is -3.33. The van der Waals surface area contributed by atoms with Gasteiger partial charge in [-0.2, -0.15) is 5.10 Å². The Morgan fingerprint density at radius 3 is 2.39 bits per heavy atom. The number of halogens is 1. The molecule has 0 fully saturated rings. The maximum absolute atomic E-state index is 12.7. The number of nitrogens with zero attached hydrogens (tertiary/aromatic N) is 2. The van der Waals surface area contributed by atoms with E-state index in [1.165, 1.54) is 4.68 Å². The van der Waals surface area contributed by atoms with E-state index in [1.54, 1.807) is 20.0 Å². The fourth-order valence-electron chi connectivity index (χ4n) is 3.19. The van der Waals surface area contributed by atoms with Gasteiger partial charge in [0.1, 0.15) is 0 Å². The van der Waals surface area contributed by atoms with E-state index in [0.717, 1.165) is 5.56 Å². The van der Waals surface area contributed by atoms with Crippen LogP contribution in [0.3, 0.4) is 0 Å². The van der Waals surface area contributed by atoms with E-state index in [-0.39, 0.29) is 36.1 Å². The zero-order valence-electron chi connectivity index (χ0n) is 17.4. The molecule has 0 radical (unpaired) electrons. The minimum absolute atomic E-state index is 0.0228. The molecular formula is C21H23ClN4O5. The molecule has 0 aliphatic carbocycles. The maximum atomic E-state index is 12.7. The van der Waals surface area contributed by atoms with Crippen molar-refractivity contribution in [2.75, 3.05) is 19.1 Å². The summed E-state index contributed by atoms with van der Waals surface area (Å²) in [6.45, 7) is 5.57. The lowest BCUT2D eigenvalue weighted by Crippen LogP contribution is -2.46. The molecule has 0 saturated heterocycles. The Balaban J connectivity index is 2.17. The minimum atomic E-state index is -1.000. The van der Waals surface area contributed by atoms with Gasteiger partial charge in [0.25, 0.3) is 0 Å². The van der Waals surface area contributed by atoms with E-state index in [4.69, 9.17) is 21.1 Å². The van der Waals surface area contributed by atoms with E-state index in [0.29, 0.717) is 11.3 Å². The van der Waals surface area contributed by atoms with Gasteiger partial charge >= 0.3 is 18.0 Å². The number of carbonyl (C=O) groups excluding carboxylic acids is 3. The van der Waals surface area contributed by atoms with Gasteiger partial charge < -0.3 is 20.1 Å². The maximum Gasteiger partial charge on any atom is 0.359 e. The van der Waals surface area contributed by atoms with Gasteiger partial charge in [0.15, 0.2) is 5.69 Å². The first-order valence-corrected chi connectivity index (χ1v) is 10.3. The molecule has 0 bridgehead atoms. The van der Waals surface area contributed by atoms with Gasteiger partial charge in [0.2, 0.25) is 0 Å². The molecule has 1 aliphatic heterocycles. The van der Waals surface area contributed by atoms with Crippen LogP contribution in [0.25, 0.3) is 5.69 Å².